The number of hydrogen-bond donors (Lipinski definition) is 2. The second kappa shape index (κ2) is 11.0. The van der Waals surface area contributed by atoms with Crippen LogP contribution in [0.4, 0.5) is 4.39 Å². The van der Waals surface area contributed by atoms with Gasteiger partial charge in [0, 0.05) is 13.4 Å². The minimum atomic E-state index is -4.24. The van der Waals surface area contributed by atoms with E-state index in [4.69, 9.17) is 14.3 Å². The molecule has 0 aliphatic heterocycles. The molecule has 1 unspecified atom stereocenters. The Balaban J connectivity index is 1.69. The van der Waals surface area contributed by atoms with Crippen LogP contribution in [0.15, 0.2) is 71.1 Å². The van der Waals surface area contributed by atoms with Gasteiger partial charge in [-0.15, -0.1) is 21.5 Å². The molecule has 11 nitrogen and oxygen atoms in total. The summed E-state index contributed by atoms with van der Waals surface area (Å²) < 4.78 is 76.0. The molecule has 214 valence electrons. The van der Waals surface area contributed by atoms with Crippen molar-refractivity contribution >= 4 is 41.6 Å². The molecule has 3 aromatic carbocycles. The molecule has 0 saturated carbocycles. The summed E-state index contributed by atoms with van der Waals surface area (Å²) in [5.74, 6) is -1.37. The molecule has 0 spiro atoms. The lowest BCUT2D eigenvalue weighted by Gasteiger charge is -2.27. The van der Waals surface area contributed by atoms with Gasteiger partial charge in [0.1, 0.15) is 10.8 Å². The molecule has 1 atom stereocenters. The van der Waals surface area contributed by atoms with Crippen LogP contribution in [0, 0.1) is 5.82 Å². The normalized spacial score (nSPS) is 13.9. The molecule has 5 rings (SSSR count). The molecular formula is C26H24FN5O6S3. The number of aromatic nitrogens is 3. The van der Waals surface area contributed by atoms with Crippen molar-refractivity contribution in [2.75, 3.05) is 13.4 Å². The van der Waals surface area contributed by atoms with E-state index in [9.17, 15) is 21.2 Å². The number of fused-ring (bicyclic) bond motifs is 1. The maximum absolute atomic E-state index is 14.5. The predicted molar refractivity (Wildman–Crippen MR) is 151 cm³/mol. The lowest BCUT2D eigenvalue weighted by molar-refractivity contribution is 0.185. The summed E-state index contributed by atoms with van der Waals surface area (Å²) in [6.45, 7) is 0.00184. The maximum atomic E-state index is 14.5. The standard InChI is InChI=1S/C26H24FN5O6S3/c1-37-15-16-6-8-17(9-7-16)18-10-11-21-22(12-18)39-25(30-21)26(40(2,33)34,19-4-3-5-20(27)13-19)24-32-31-23(38-24)14-29-41(28,35)36/h3-13,29H,14-15H2,1-2H3,(H2,28,35,36). The van der Waals surface area contributed by atoms with Crippen LogP contribution in [0.2, 0.25) is 0 Å². The average Bonchev–Trinajstić information content (AvgIpc) is 3.55. The smallest absolute Gasteiger partial charge is 0.274 e. The van der Waals surface area contributed by atoms with E-state index in [1.54, 1.807) is 13.2 Å². The molecule has 3 N–H and O–H groups in total. The van der Waals surface area contributed by atoms with Gasteiger partial charge in [0.25, 0.3) is 10.2 Å². The summed E-state index contributed by atoms with van der Waals surface area (Å²) in [4.78, 5) is 4.64. The molecule has 0 bridgehead atoms. The van der Waals surface area contributed by atoms with Crippen molar-refractivity contribution in [2.24, 2.45) is 5.14 Å². The van der Waals surface area contributed by atoms with Crippen molar-refractivity contribution in [3.8, 4) is 11.1 Å². The van der Waals surface area contributed by atoms with E-state index in [1.165, 1.54) is 18.2 Å². The van der Waals surface area contributed by atoms with E-state index in [0.717, 1.165) is 40.3 Å². The van der Waals surface area contributed by atoms with E-state index in [1.807, 2.05) is 41.1 Å². The number of hydrogen-bond acceptors (Lipinski definition) is 10. The third kappa shape index (κ3) is 5.77. The molecule has 15 heteroatoms. The third-order valence-electron chi connectivity index (χ3n) is 6.27. The Bertz CT molecular complexity index is 1940. The number of methoxy groups -OCH3 is 1. The first-order valence-electron chi connectivity index (χ1n) is 12.0. The number of nitrogens with one attached hydrogen (secondary N) is 1. The topological polar surface area (TPSA) is 167 Å². The van der Waals surface area contributed by atoms with E-state index in [-0.39, 0.29) is 16.5 Å². The quantitative estimate of drug-likeness (QED) is 0.239. The molecular weight excluding hydrogens is 594 g/mol. The highest BCUT2D eigenvalue weighted by molar-refractivity contribution is 7.92. The van der Waals surface area contributed by atoms with Crippen LogP contribution in [0.25, 0.3) is 21.3 Å². The van der Waals surface area contributed by atoms with Crippen LogP contribution in [0.1, 0.15) is 27.9 Å². The van der Waals surface area contributed by atoms with Crippen LogP contribution in [0.5, 0.6) is 0 Å². The lowest BCUT2D eigenvalue weighted by Crippen LogP contribution is -2.38. The van der Waals surface area contributed by atoms with Crippen molar-refractivity contribution in [3.63, 3.8) is 0 Å². The summed E-state index contributed by atoms with van der Waals surface area (Å²) in [5.41, 5.74) is 3.32. The zero-order valence-electron chi connectivity index (χ0n) is 21.7. The number of halogens is 1. The Hall–Kier alpha value is -3.60. The molecule has 2 aromatic heterocycles. The number of nitrogens with two attached hydrogens (primary N) is 1. The number of benzene rings is 3. The lowest BCUT2D eigenvalue weighted by atomic mass is 9.98. The molecule has 0 radical (unpaired) electrons. The van der Waals surface area contributed by atoms with Crippen LogP contribution in [-0.4, -0.2) is 45.4 Å². The number of ether oxygens (including phenoxy) is 1. The minimum Gasteiger partial charge on any atom is -0.421 e. The highest BCUT2D eigenvalue weighted by Gasteiger charge is 2.54. The molecule has 0 aliphatic rings. The van der Waals surface area contributed by atoms with Gasteiger partial charge < -0.3 is 9.15 Å². The Kier molecular flexibility index (Phi) is 7.76. The van der Waals surface area contributed by atoms with E-state index >= 15 is 0 Å². The van der Waals surface area contributed by atoms with Crippen molar-refractivity contribution in [1.82, 2.24) is 19.9 Å². The minimum absolute atomic E-state index is 0.0115. The van der Waals surface area contributed by atoms with Gasteiger partial charge in [-0.1, -0.05) is 42.5 Å². The van der Waals surface area contributed by atoms with Crippen LogP contribution >= 0.6 is 11.3 Å². The first-order valence-corrected chi connectivity index (χ1v) is 16.2. The fraction of sp³-hybridized carbons (Fsp3) is 0.192. The highest BCUT2D eigenvalue weighted by atomic mass is 32.2. The van der Waals surface area contributed by atoms with Gasteiger partial charge in [-0.2, -0.15) is 13.1 Å². The van der Waals surface area contributed by atoms with Gasteiger partial charge in [0.15, 0.2) is 9.84 Å². The monoisotopic (exact) mass is 617 g/mol. The largest absolute Gasteiger partial charge is 0.421 e. The van der Waals surface area contributed by atoms with Crippen molar-refractivity contribution in [2.45, 2.75) is 17.9 Å². The summed E-state index contributed by atoms with van der Waals surface area (Å²) in [6.07, 6.45) is 0.962. The van der Waals surface area contributed by atoms with Crippen molar-refractivity contribution in [3.05, 3.63) is 100 Å². The molecule has 0 fully saturated rings. The zero-order valence-corrected chi connectivity index (χ0v) is 24.2. The average molecular weight is 618 g/mol. The number of nitrogens with zero attached hydrogens (tertiary/aromatic N) is 3. The molecule has 0 amide bonds. The van der Waals surface area contributed by atoms with Crippen molar-refractivity contribution < 1.29 is 30.4 Å². The molecule has 0 saturated heterocycles. The first kappa shape index (κ1) is 28.9. The van der Waals surface area contributed by atoms with E-state index in [2.05, 4.69) is 15.2 Å². The van der Waals surface area contributed by atoms with Crippen LogP contribution in [0.3, 0.4) is 0 Å². The Morgan fingerprint density at radius 2 is 1.76 bits per heavy atom. The molecule has 0 aliphatic carbocycles. The molecule has 2 heterocycles. The second-order valence-electron chi connectivity index (χ2n) is 9.16. The van der Waals surface area contributed by atoms with Crippen LogP contribution in [-0.2, 0) is 42.7 Å². The van der Waals surface area contributed by atoms with E-state index < -0.39 is 43.0 Å². The zero-order chi connectivity index (χ0) is 29.4. The second-order valence-corrected chi connectivity index (χ2v) is 13.7. The Morgan fingerprint density at radius 1 is 1.02 bits per heavy atom. The fourth-order valence-corrected chi connectivity index (χ4v) is 7.75. The van der Waals surface area contributed by atoms with Gasteiger partial charge in [0.05, 0.1) is 23.4 Å². The van der Waals surface area contributed by atoms with Gasteiger partial charge in [-0.25, -0.2) is 22.9 Å². The third-order valence-corrected chi connectivity index (χ3v) is 9.80. The van der Waals surface area contributed by atoms with Crippen molar-refractivity contribution in [1.29, 1.82) is 0 Å². The van der Waals surface area contributed by atoms with Gasteiger partial charge in [0.2, 0.25) is 16.5 Å². The number of rotatable bonds is 10. The van der Waals surface area contributed by atoms with E-state index in [0.29, 0.717) is 16.8 Å². The Morgan fingerprint density at radius 3 is 2.41 bits per heavy atom. The molecule has 41 heavy (non-hydrogen) atoms. The van der Waals surface area contributed by atoms with Gasteiger partial charge in [-0.05, 0) is 46.5 Å². The molecule has 5 aromatic rings. The van der Waals surface area contributed by atoms with Gasteiger partial charge >= 0.3 is 0 Å². The number of thiazole rings is 1. The fourth-order valence-electron chi connectivity index (χ4n) is 4.42. The highest BCUT2D eigenvalue weighted by Crippen LogP contribution is 2.46. The first-order chi connectivity index (χ1) is 19.4. The van der Waals surface area contributed by atoms with Gasteiger partial charge in [-0.3, -0.25) is 0 Å². The summed E-state index contributed by atoms with van der Waals surface area (Å²) in [7, 11) is -6.72. The summed E-state index contributed by atoms with van der Waals surface area (Å²) in [5, 5.41) is 12.8. The predicted octanol–water partition coefficient (Wildman–Crippen LogP) is 3.26. The van der Waals surface area contributed by atoms with Crippen LogP contribution < -0.4 is 9.86 Å². The summed E-state index contributed by atoms with van der Waals surface area (Å²) in [6, 6.07) is 18.4. The SMILES string of the molecule is COCc1ccc(-c2ccc3nc(C(c4cccc(F)c4)(c4nnc(CNS(N)(=O)=O)o4)S(C)(=O)=O)sc3c2)cc1. The number of sulfone groups is 1. The summed E-state index contributed by atoms with van der Waals surface area (Å²) >= 11 is 1.08. The maximum Gasteiger partial charge on any atom is 0.274 e. The Labute approximate surface area is 239 Å².